The summed E-state index contributed by atoms with van der Waals surface area (Å²) in [5, 5.41) is 9.50. The summed E-state index contributed by atoms with van der Waals surface area (Å²) in [6.45, 7) is 6.00. The number of carbonyl (C=O) groups excluding carboxylic acids is 1. The van der Waals surface area contributed by atoms with Crippen molar-refractivity contribution in [3.63, 3.8) is 0 Å². The van der Waals surface area contributed by atoms with E-state index in [0.29, 0.717) is 5.69 Å². The highest BCUT2D eigenvalue weighted by Crippen LogP contribution is 2.16. The molecule has 6 nitrogen and oxygen atoms in total. The van der Waals surface area contributed by atoms with Crippen LogP contribution in [0.2, 0.25) is 0 Å². The van der Waals surface area contributed by atoms with Crippen LogP contribution in [-0.2, 0) is 0 Å². The molecule has 2 N–H and O–H groups in total. The molecule has 1 aromatic carbocycles. The number of halogens is 1. The van der Waals surface area contributed by atoms with Gasteiger partial charge in [-0.1, -0.05) is 12.1 Å². The molecule has 0 spiro atoms. The minimum Gasteiger partial charge on any atom is -0.486 e. The Bertz CT molecular complexity index is 657. The van der Waals surface area contributed by atoms with Crippen molar-refractivity contribution in [3.8, 4) is 5.75 Å². The minimum absolute atomic E-state index is 0.167. The second-order valence-electron chi connectivity index (χ2n) is 5.50. The number of ether oxygens (including phenoxy) is 1. The van der Waals surface area contributed by atoms with Gasteiger partial charge in [-0.2, -0.15) is 5.10 Å². The van der Waals surface area contributed by atoms with E-state index in [4.69, 9.17) is 4.74 Å². The first-order chi connectivity index (χ1) is 11.0. The monoisotopic (exact) mass is 320 g/mol. The van der Waals surface area contributed by atoms with Gasteiger partial charge in [-0.25, -0.2) is 9.18 Å². The molecule has 2 aromatic rings. The SMILES string of the molecule is CC(CNC(=O)Nc1cnn(C(C)C)c1)Oc1ccccc1F. The van der Waals surface area contributed by atoms with Gasteiger partial charge in [0.1, 0.15) is 6.10 Å². The van der Waals surface area contributed by atoms with E-state index in [1.807, 2.05) is 13.8 Å². The van der Waals surface area contributed by atoms with Crippen LogP contribution in [0.25, 0.3) is 0 Å². The fraction of sp³-hybridized carbons (Fsp3) is 0.375. The molecule has 2 rings (SSSR count). The van der Waals surface area contributed by atoms with Crippen LogP contribution in [0, 0.1) is 5.82 Å². The molecule has 7 heteroatoms. The van der Waals surface area contributed by atoms with E-state index in [1.165, 1.54) is 6.07 Å². The lowest BCUT2D eigenvalue weighted by atomic mass is 10.3. The van der Waals surface area contributed by atoms with Gasteiger partial charge in [0.15, 0.2) is 11.6 Å². The highest BCUT2D eigenvalue weighted by atomic mass is 19.1. The van der Waals surface area contributed by atoms with Crippen LogP contribution < -0.4 is 15.4 Å². The Kier molecular flexibility index (Phi) is 5.56. The average Bonchev–Trinajstić information content (AvgIpc) is 2.96. The van der Waals surface area contributed by atoms with Gasteiger partial charge >= 0.3 is 6.03 Å². The van der Waals surface area contributed by atoms with Crippen molar-refractivity contribution in [2.24, 2.45) is 0 Å². The van der Waals surface area contributed by atoms with Gasteiger partial charge in [-0.3, -0.25) is 4.68 Å². The number of carbonyl (C=O) groups is 1. The molecule has 0 aliphatic rings. The summed E-state index contributed by atoms with van der Waals surface area (Å²) in [6, 6.07) is 6.02. The van der Waals surface area contributed by atoms with Crippen molar-refractivity contribution in [2.75, 3.05) is 11.9 Å². The second kappa shape index (κ2) is 7.62. The number of benzene rings is 1. The van der Waals surface area contributed by atoms with Crippen molar-refractivity contribution < 1.29 is 13.9 Å². The summed E-state index contributed by atoms with van der Waals surface area (Å²) in [7, 11) is 0. The van der Waals surface area contributed by atoms with E-state index < -0.39 is 5.82 Å². The highest BCUT2D eigenvalue weighted by Gasteiger charge is 2.10. The lowest BCUT2D eigenvalue weighted by molar-refractivity contribution is 0.205. The molecule has 1 unspecified atom stereocenters. The number of nitrogens with one attached hydrogen (secondary N) is 2. The maximum absolute atomic E-state index is 13.5. The fourth-order valence-electron chi connectivity index (χ4n) is 1.90. The normalized spacial score (nSPS) is 12.0. The van der Waals surface area contributed by atoms with Crippen LogP contribution in [-0.4, -0.2) is 28.5 Å². The molecule has 0 fully saturated rings. The van der Waals surface area contributed by atoms with Crippen molar-refractivity contribution in [1.82, 2.24) is 15.1 Å². The van der Waals surface area contributed by atoms with Crippen LogP contribution in [0.3, 0.4) is 0 Å². The van der Waals surface area contributed by atoms with Crippen molar-refractivity contribution in [3.05, 3.63) is 42.5 Å². The molecule has 0 aliphatic carbocycles. The van der Waals surface area contributed by atoms with Crippen LogP contribution in [0.5, 0.6) is 5.75 Å². The third kappa shape index (κ3) is 4.98. The van der Waals surface area contributed by atoms with Gasteiger partial charge in [0, 0.05) is 12.2 Å². The number of nitrogens with zero attached hydrogens (tertiary/aromatic N) is 2. The third-order valence-electron chi connectivity index (χ3n) is 3.10. The maximum atomic E-state index is 13.5. The predicted octanol–water partition coefficient (Wildman–Crippen LogP) is 3.19. The first-order valence-electron chi connectivity index (χ1n) is 7.46. The molecule has 1 heterocycles. The van der Waals surface area contributed by atoms with Gasteiger partial charge < -0.3 is 15.4 Å². The van der Waals surface area contributed by atoms with Gasteiger partial charge in [-0.15, -0.1) is 0 Å². The minimum atomic E-state index is -0.426. The number of aromatic nitrogens is 2. The zero-order valence-corrected chi connectivity index (χ0v) is 13.4. The average molecular weight is 320 g/mol. The number of hydrogen-bond donors (Lipinski definition) is 2. The van der Waals surface area contributed by atoms with E-state index in [9.17, 15) is 9.18 Å². The summed E-state index contributed by atoms with van der Waals surface area (Å²) in [6.07, 6.45) is 2.97. The Hall–Kier alpha value is -2.57. The predicted molar refractivity (Wildman–Crippen MR) is 86.1 cm³/mol. The number of rotatable bonds is 6. The molecule has 0 radical (unpaired) electrons. The molecular formula is C16H21FN4O2. The third-order valence-corrected chi connectivity index (χ3v) is 3.10. The lowest BCUT2D eigenvalue weighted by Gasteiger charge is -2.16. The van der Waals surface area contributed by atoms with E-state index in [1.54, 1.807) is 42.2 Å². The quantitative estimate of drug-likeness (QED) is 0.859. The summed E-state index contributed by atoms with van der Waals surface area (Å²) in [5.41, 5.74) is 0.610. The van der Waals surface area contributed by atoms with Gasteiger partial charge in [0.05, 0.1) is 18.4 Å². The van der Waals surface area contributed by atoms with Gasteiger partial charge in [-0.05, 0) is 32.9 Å². The Morgan fingerprint density at radius 2 is 2.09 bits per heavy atom. The number of para-hydroxylation sites is 1. The summed E-state index contributed by atoms with van der Waals surface area (Å²) in [5.74, 6) is -0.259. The molecule has 0 saturated heterocycles. The smallest absolute Gasteiger partial charge is 0.319 e. The van der Waals surface area contributed by atoms with Gasteiger partial charge in [0.2, 0.25) is 0 Å². The topological polar surface area (TPSA) is 68.2 Å². The van der Waals surface area contributed by atoms with E-state index in [0.717, 1.165) is 0 Å². The van der Waals surface area contributed by atoms with Crippen molar-refractivity contribution >= 4 is 11.7 Å². The van der Waals surface area contributed by atoms with E-state index in [-0.39, 0.29) is 30.5 Å². The molecule has 23 heavy (non-hydrogen) atoms. The van der Waals surface area contributed by atoms with Crippen LogP contribution in [0.4, 0.5) is 14.9 Å². The standard InChI is InChI=1S/C16H21FN4O2/c1-11(2)21-10-13(9-19-21)20-16(22)18-8-12(3)23-15-7-5-4-6-14(15)17/h4-7,9-12H,8H2,1-3H3,(H2,18,20,22). The molecule has 0 saturated carbocycles. The van der Waals surface area contributed by atoms with Crippen LogP contribution in [0.15, 0.2) is 36.7 Å². The lowest BCUT2D eigenvalue weighted by Crippen LogP contribution is -2.36. The Balaban J connectivity index is 1.78. The zero-order valence-electron chi connectivity index (χ0n) is 13.4. The Morgan fingerprint density at radius 3 is 2.74 bits per heavy atom. The molecule has 124 valence electrons. The molecule has 0 bridgehead atoms. The fourth-order valence-corrected chi connectivity index (χ4v) is 1.90. The number of anilines is 1. The largest absolute Gasteiger partial charge is 0.486 e. The molecule has 2 amide bonds. The molecule has 1 aromatic heterocycles. The number of hydrogen-bond acceptors (Lipinski definition) is 3. The Morgan fingerprint density at radius 1 is 1.35 bits per heavy atom. The van der Waals surface area contributed by atoms with Crippen LogP contribution in [0.1, 0.15) is 26.8 Å². The summed E-state index contributed by atoms with van der Waals surface area (Å²) in [4.78, 5) is 11.8. The highest BCUT2D eigenvalue weighted by molar-refractivity contribution is 5.88. The van der Waals surface area contributed by atoms with Gasteiger partial charge in [0.25, 0.3) is 0 Å². The first kappa shape index (κ1) is 16.8. The maximum Gasteiger partial charge on any atom is 0.319 e. The molecular weight excluding hydrogens is 299 g/mol. The van der Waals surface area contributed by atoms with E-state index in [2.05, 4.69) is 15.7 Å². The second-order valence-corrected chi connectivity index (χ2v) is 5.50. The molecule has 1 atom stereocenters. The Labute approximate surface area is 134 Å². The van der Waals surface area contributed by atoms with Crippen LogP contribution >= 0.6 is 0 Å². The van der Waals surface area contributed by atoms with E-state index >= 15 is 0 Å². The molecule has 0 aliphatic heterocycles. The number of amides is 2. The summed E-state index contributed by atoms with van der Waals surface area (Å²) >= 11 is 0. The summed E-state index contributed by atoms with van der Waals surface area (Å²) < 4.78 is 20.7. The zero-order chi connectivity index (χ0) is 16.8. The first-order valence-corrected chi connectivity index (χ1v) is 7.46. The van der Waals surface area contributed by atoms with Crippen molar-refractivity contribution in [2.45, 2.75) is 32.9 Å². The van der Waals surface area contributed by atoms with Crippen molar-refractivity contribution in [1.29, 1.82) is 0 Å². The number of urea groups is 1.